The number of aromatic nitrogens is 3. The maximum absolute atomic E-state index is 6.33. The lowest BCUT2D eigenvalue weighted by atomic mass is 9.68. The number of hydrogen-bond donors (Lipinski definition) is 1. The summed E-state index contributed by atoms with van der Waals surface area (Å²) in [5, 5.41) is 11.8. The molecule has 5 heteroatoms. The summed E-state index contributed by atoms with van der Waals surface area (Å²) in [6, 6.07) is 0.151. The lowest BCUT2D eigenvalue weighted by Crippen LogP contribution is -2.50. The van der Waals surface area contributed by atoms with E-state index >= 15 is 0 Å². The van der Waals surface area contributed by atoms with Crippen LogP contribution in [0.1, 0.15) is 65.1 Å². The Morgan fingerprint density at radius 1 is 1.29 bits per heavy atom. The number of likely N-dealkylation sites (N-methyl/N-ethyl adjacent to an activating group) is 1. The molecule has 0 amide bonds. The zero-order valence-electron chi connectivity index (χ0n) is 14.1. The lowest BCUT2D eigenvalue weighted by Gasteiger charge is -2.47. The molecular weight excluding hydrogens is 264 g/mol. The molecule has 1 heterocycles. The SMILES string of the molecule is CCNC(c1cnnn1C)C1(OCC)CCC(C)(C)CC1. The smallest absolute Gasteiger partial charge is 0.0892 e. The Bertz CT molecular complexity index is 445. The quantitative estimate of drug-likeness (QED) is 0.876. The maximum Gasteiger partial charge on any atom is 0.0892 e. The number of ether oxygens (including phenoxy) is 1. The van der Waals surface area contributed by atoms with Crippen LogP contribution in [0.3, 0.4) is 0 Å². The molecule has 0 radical (unpaired) electrons. The number of hydrogen-bond acceptors (Lipinski definition) is 4. The van der Waals surface area contributed by atoms with Crippen molar-refractivity contribution >= 4 is 0 Å². The highest BCUT2D eigenvalue weighted by molar-refractivity contribution is 5.12. The number of rotatable bonds is 6. The first kappa shape index (κ1) is 16.4. The van der Waals surface area contributed by atoms with E-state index in [1.807, 2.05) is 17.9 Å². The fourth-order valence-corrected chi connectivity index (χ4v) is 3.48. The molecule has 0 bridgehead atoms. The summed E-state index contributed by atoms with van der Waals surface area (Å²) in [5.74, 6) is 0. The van der Waals surface area contributed by atoms with E-state index in [1.165, 1.54) is 12.8 Å². The summed E-state index contributed by atoms with van der Waals surface area (Å²) in [4.78, 5) is 0. The van der Waals surface area contributed by atoms with Crippen LogP contribution in [0.15, 0.2) is 6.20 Å². The summed E-state index contributed by atoms with van der Waals surface area (Å²) in [6.07, 6.45) is 6.42. The van der Waals surface area contributed by atoms with Crippen molar-refractivity contribution in [2.45, 2.75) is 65.0 Å². The van der Waals surface area contributed by atoms with Gasteiger partial charge in [0.25, 0.3) is 0 Å². The molecule has 1 aliphatic carbocycles. The van der Waals surface area contributed by atoms with Gasteiger partial charge >= 0.3 is 0 Å². The molecule has 1 atom stereocenters. The van der Waals surface area contributed by atoms with Crippen molar-refractivity contribution < 1.29 is 4.74 Å². The highest BCUT2D eigenvalue weighted by Gasteiger charge is 2.46. The lowest BCUT2D eigenvalue weighted by molar-refractivity contribution is -0.109. The second kappa shape index (κ2) is 6.44. The minimum absolute atomic E-state index is 0.143. The average molecular weight is 294 g/mol. The molecule has 0 saturated heterocycles. The predicted molar refractivity (Wildman–Crippen MR) is 84.0 cm³/mol. The third-order valence-corrected chi connectivity index (χ3v) is 4.86. The van der Waals surface area contributed by atoms with E-state index in [2.05, 4.69) is 43.3 Å². The van der Waals surface area contributed by atoms with Gasteiger partial charge in [0.1, 0.15) is 0 Å². The molecule has 0 spiro atoms. The Kier molecular flexibility index (Phi) is 5.04. The standard InChI is InChI=1S/C16H30N4O/c1-6-17-14(13-12-18-19-20(13)5)16(21-7-2)10-8-15(3,4)9-11-16/h12,14,17H,6-11H2,1-5H3. The highest BCUT2D eigenvalue weighted by Crippen LogP contribution is 2.47. The third kappa shape index (κ3) is 3.46. The van der Waals surface area contributed by atoms with Gasteiger partial charge in [0.05, 0.1) is 23.5 Å². The molecule has 1 saturated carbocycles. The molecule has 1 aliphatic rings. The van der Waals surface area contributed by atoms with Crippen LogP contribution in [0.5, 0.6) is 0 Å². The van der Waals surface area contributed by atoms with Crippen molar-refractivity contribution in [3.05, 3.63) is 11.9 Å². The molecule has 1 unspecified atom stereocenters. The van der Waals surface area contributed by atoms with Crippen molar-refractivity contribution in [3.8, 4) is 0 Å². The zero-order valence-corrected chi connectivity index (χ0v) is 14.1. The second-order valence-corrected chi connectivity index (χ2v) is 6.94. The van der Waals surface area contributed by atoms with E-state index in [4.69, 9.17) is 4.74 Å². The molecule has 2 rings (SSSR count). The monoisotopic (exact) mass is 294 g/mol. The Hall–Kier alpha value is -0.940. The van der Waals surface area contributed by atoms with Gasteiger partial charge in [-0.3, -0.25) is 4.68 Å². The maximum atomic E-state index is 6.33. The van der Waals surface area contributed by atoms with Gasteiger partial charge in [0, 0.05) is 13.7 Å². The molecule has 21 heavy (non-hydrogen) atoms. The molecule has 0 aromatic carbocycles. The molecule has 1 N–H and O–H groups in total. The fourth-order valence-electron chi connectivity index (χ4n) is 3.48. The van der Waals surface area contributed by atoms with Crippen molar-refractivity contribution in [1.29, 1.82) is 0 Å². The van der Waals surface area contributed by atoms with Crippen molar-refractivity contribution in [2.24, 2.45) is 12.5 Å². The van der Waals surface area contributed by atoms with Gasteiger partial charge in [-0.2, -0.15) is 0 Å². The van der Waals surface area contributed by atoms with Crippen molar-refractivity contribution in [3.63, 3.8) is 0 Å². The summed E-state index contributed by atoms with van der Waals surface area (Å²) < 4.78 is 8.19. The second-order valence-electron chi connectivity index (χ2n) is 6.94. The molecule has 0 aliphatic heterocycles. The summed E-state index contributed by atoms with van der Waals surface area (Å²) in [5.41, 5.74) is 1.39. The van der Waals surface area contributed by atoms with E-state index < -0.39 is 0 Å². The van der Waals surface area contributed by atoms with Crippen molar-refractivity contribution in [1.82, 2.24) is 20.3 Å². The Morgan fingerprint density at radius 2 is 1.95 bits per heavy atom. The number of nitrogens with one attached hydrogen (secondary N) is 1. The van der Waals surface area contributed by atoms with Gasteiger partial charge in [0.15, 0.2) is 0 Å². The Morgan fingerprint density at radius 3 is 2.43 bits per heavy atom. The number of nitrogens with zero attached hydrogens (tertiary/aromatic N) is 3. The zero-order chi connectivity index (χ0) is 15.5. The molecule has 5 nitrogen and oxygen atoms in total. The first-order valence-corrected chi connectivity index (χ1v) is 8.16. The van der Waals surface area contributed by atoms with Crippen molar-refractivity contribution in [2.75, 3.05) is 13.2 Å². The van der Waals surface area contributed by atoms with Gasteiger partial charge in [-0.1, -0.05) is 26.0 Å². The Labute approximate surface area is 128 Å². The van der Waals surface area contributed by atoms with Crippen LogP contribution in [0, 0.1) is 5.41 Å². The largest absolute Gasteiger partial charge is 0.373 e. The summed E-state index contributed by atoms with van der Waals surface area (Å²) >= 11 is 0. The van der Waals surface area contributed by atoms with Gasteiger partial charge < -0.3 is 10.1 Å². The number of aryl methyl sites for hydroxylation is 1. The first-order chi connectivity index (χ1) is 9.94. The topological polar surface area (TPSA) is 52.0 Å². The van der Waals surface area contributed by atoms with E-state index in [0.29, 0.717) is 5.41 Å². The van der Waals surface area contributed by atoms with Gasteiger partial charge in [0.2, 0.25) is 0 Å². The normalized spacial score (nSPS) is 22.1. The predicted octanol–water partition coefficient (Wildman–Crippen LogP) is 2.84. The Balaban J connectivity index is 2.31. The molecule has 1 aromatic rings. The van der Waals surface area contributed by atoms with E-state index in [0.717, 1.165) is 31.7 Å². The minimum atomic E-state index is -0.143. The van der Waals surface area contributed by atoms with E-state index in [1.54, 1.807) is 0 Å². The van der Waals surface area contributed by atoms with Crippen LogP contribution < -0.4 is 5.32 Å². The van der Waals surface area contributed by atoms with Gasteiger partial charge in [-0.15, -0.1) is 5.10 Å². The van der Waals surface area contributed by atoms with Gasteiger partial charge in [-0.05, 0) is 44.6 Å². The van der Waals surface area contributed by atoms with Crippen LogP contribution in [0.2, 0.25) is 0 Å². The molecular formula is C16H30N4O. The molecule has 1 aromatic heterocycles. The molecule has 1 fully saturated rings. The summed E-state index contributed by atoms with van der Waals surface area (Å²) in [6.45, 7) is 10.6. The van der Waals surface area contributed by atoms with Crippen LogP contribution in [-0.2, 0) is 11.8 Å². The van der Waals surface area contributed by atoms with Crippen LogP contribution in [0.4, 0.5) is 0 Å². The van der Waals surface area contributed by atoms with Crippen LogP contribution in [-0.4, -0.2) is 33.7 Å². The van der Waals surface area contributed by atoms with E-state index in [-0.39, 0.29) is 11.6 Å². The fraction of sp³-hybridized carbons (Fsp3) is 0.875. The third-order valence-electron chi connectivity index (χ3n) is 4.86. The summed E-state index contributed by atoms with van der Waals surface area (Å²) in [7, 11) is 1.96. The molecule has 120 valence electrons. The van der Waals surface area contributed by atoms with Crippen LogP contribution >= 0.6 is 0 Å². The minimum Gasteiger partial charge on any atom is -0.373 e. The van der Waals surface area contributed by atoms with Crippen LogP contribution in [0.25, 0.3) is 0 Å². The van der Waals surface area contributed by atoms with E-state index in [9.17, 15) is 0 Å². The highest BCUT2D eigenvalue weighted by atomic mass is 16.5. The van der Waals surface area contributed by atoms with Gasteiger partial charge in [-0.25, -0.2) is 0 Å². The first-order valence-electron chi connectivity index (χ1n) is 8.16. The average Bonchev–Trinajstić information content (AvgIpc) is 2.85.